The minimum Gasteiger partial charge on any atom is -0.371 e. The van der Waals surface area contributed by atoms with Gasteiger partial charge < -0.3 is 10.6 Å². The van der Waals surface area contributed by atoms with Gasteiger partial charge in [-0.15, -0.1) is 0 Å². The zero-order valence-electron chi connectivity index (χ0n) is 10.6. The van der Waals surface area contributed by atoms with E-state index < -0.39 is 0 Å². The lowest BCUT2D eigenvalue weighted by Crippen LogP contribution is -2.20. The van der Waals surface area contributed by atoms with Gasteiger partial charge >= 0.3 is 0 Å². The summed E-state index contributed by atoms with van der Waals surface area (Å²) >= 11 is 0. The molecule has 2 rings (SSSR count). The molecule has 0 spiro atoms. The number of benzene rings is 1. The molecule has 0 fully saturated rings. The molecule has 0 unspecified atom stereocenters. The molecule has 0 saturated heterocycles. The quantitative estimate of drug-likeness (QED) is 0.843. The van der Waals surface area contributed by atoms with E-state index in [9.17, 15) is 0 Å². The smallest absolute Gasteiger partial charge is 0.0402 e. The Morgan fingerprint density at radius 3 is 2.81 bits per heavy atom. The molecular weight excluding hydrogens is 196 g/mol. The maximum atomic E-state index is 5.88. The van der Waals surface area contributed by atoms with Crippen LogP contribution in [-0.4, -0.2) is 19.1 Å². The summed E-state index contributed by atoms with van der Waals surface area (Å²) < 4.78 is 0. The summed E-state index contributed by atoms with van der Waals surface area (Å²) in [5, 5.41) is 0. The first-order valence-corrected chi connectivity index (χ1v) is 6.24. The van der Waals surface area contributed by atoms with Crippen molar-refractivity contribution in [2.45, 2.75) is 39.7 Å². The van der Waals surface area contributed by atoms with Gasteiger partial charge in [0, 0.05) is 24.8 Å². The van der Waals surface area contributed by atoms with Gasteiger partial charge in [-0.05, 0) is 56.4 Å². The molecule has 1 aliphatic rings. The maximum Gasteiger partial charge on any atom is 0.0402 e. The lowest BCUT2D eigenvalue weighted by Gasteiger charge is -2.18. The number of hydrogen-bond donors (Lipinski definition) is 1. The van der Waals surface area contributed by atoms with Crippen molar-refractivity contribution in [1.82, 2.24) is 0 Å². The Morgan fingerprint density at radius 1 is 1.44 bits per heavy atom. The van der Waals surface area contributed by atoms with Crippen LogP contribution in [0.1, 0.15) is 30.5 Å². The average Bonchev–Trinajstić information content (AvgIpc) is 2.60. The summed E-state index contributed by atoms with van der Waals surface area (Å²) in [6.07, 6.45) is 2.18. The van der Waals surface area contributed by atoms with Gasteiger partial charge in [-0.2, -0.15) is 0 Å². The highest BCUT2D eigenvalue weighted by molar-refractivity contribution is 5.61. The molecule has 0 amide bonds. The molecule has 0 aromatic heterocycles. The highest BCUT2D eigenvalue weighted by atomic mass is 15.1. The van der Waals surface area contributed by atoms with E-state index in [0.717, 1.165) is 13.0 Å². The molecule has 1 aliphatic heterocycles. The fourth-order valence-electron chi connectivity index (χ4n) is 2.55. The summed E-state index contributed by atoms with van der Waals surface area (Å²) in [6, 6.07) is 4.95. The van der Waals surface area contributed by atoms with Crippen LogP contribution >= 0.6 is 0 Å². The zero-order chi connectivity index (χ0) is 11.7. The van der Waals surface area contributed by atoms with Crippen molar-refractivity contribution >= 4 is 5.69 Å². The summed E-state index contributed by atoms with van der Waals surface area (Å²) in [4.78, 5) is 2.46. The number of anilines is 1. The standard InChI is InChI=1S/C14H22N2/c1-4-16-6-5-12-9-13(8-11(3)15)10(2)7-14(12)16/h7,9,11H,4-6,8,15H2,1-3H3/t11-/m0/s1. The second-order valence-corrected chi connectivity index (χ2v) is 4.92. The molecule has 16 heavy (non-hydrogen) atoms. The van der Waals surface area contributed by atoms with Gasteiger partial charge in [-0.25, -0.2) is 0 Å². The van der Waals surface area contributed by atoms with Crippen LogP contribution in [-0.2, 0) is 12.8 Å². The van der Waals surface area contributed by atoms with E-state index in [2.05, 4.69) is 37.8 Å². The monoisotopic (exact) mass is 218 g/mol. The van der Waals surface area contributed by atoms with Crippen molar-refractivity contribution < 1.29 is 0 Å². The molecule has 2 heteroatoms. The lowest BCUT2D eigenvalue weighted by atomic mass is 9.98. The Labute approximate surface area is 98.4 Å². The zero-order valence-corrected chi connectivity index (χ0v) is 10.6. The fourth-order valence-corrected chi connectivity index (χ4v) is 2.55. The first-order valence-electron chi connectivity index (χ1n) is 6.24. The molecule has 2 N–H and O–H groups in total. The van der Waals surface area contributed by atoms with Gasteiger partial charge in [0.15, 0.2) is 0 Å². The first-order chi connectivity index (χ1) is 7.61. The number of nitrogens with two attached hydrogens (primary N) is 1. The van der Waals surface area contributed by atoms with Gasteiger partial charge in [0.25, 0.3) is 0 Å². The predicted molar refractivity (Wildman–Crippen MR) is 70.1 cm³/mol. The summed E-state index contributed by atoms with van der Waals surface area (Å²) in [7, 11) is 0. The number of fused-ring (bicyclic) bond motifs is 1. The number of nitrogens with zero attached hydrogens (tertiary/aromatic N) is 1. The van der Waals surface area contributed by atoms with Crippen molar-refractivity contribution in [1.29, 1.82) is 0 Å². The largest absolute Gasteiger partial charge is 0.371 e. The molecule has 2 nitrogen and oxygen atoms in total. The van der Waals surface area contributed by atoms with Crippen molar-refractivity contribution in [3.05, 3.63) is 28.8 Å². The van der Waals surface area contributed by atoms with Crippen LogP contribution in [0.5, 0.6) is 0 Å². The molecule has 1 aromatic rings. The Balaban J connectivity index is 2.33. The Hall–Kier alpha value is -1.02. The molecule has 88 valence electrons. The van der Waals surface area contributed by atoms with Crippen LogP contribution in [0.15, 0.2) is 12.1 Å². The second kappa shape index (κ2) is 4.46. The molecule has 0 saturated carbocycles. The van der Waals surface area contributed by atoms with Crippen LogP contribution in [0.4, 0.5) is 5.69 Å². The van der Waals surface area contributed by atoms with E-state index in [0.29, 0.717) is 0 Å². The van der Waals surface area contributed by atoms with E-state index in [-0.39, 0.29) is 6.04 Å². The Bertz CT molecular complexity index is 383. The van der Waals surface area contributed by atoms with Gasteiger partial charge in [0.05, 0.1) is 0 Å². The van der Waals surface area contributed by atoms with Crippen LogP contribution in [0.3, 0.4) is 0 Å². The topological polar surface area (TPSA) is 29.3 Å². The molecule has 1 heterocycles. The van der Waals surface area contributed by atoms with Gasteiger partial charge in [0.2, 0.25) is 0 Å². The fraction of sp³-hybridized carbons (Fsp3) is 0.571. The third-order valence-corrected chi connectivity index (χ3v) is 3.45. The van der Waals surface area contributed by atoms with Crippen LogP contribution in [0, 0.1) is 6.92 Å². The van der Waals surface area contributed by atoms with Crippen LogP contribution in [0.25, 0.3) is 0 Å². The van der Waals surface area contributed by atoms with Crippen molar-refractivity contribution in [2.75, 3.05) is 18.0 Å². The number of rotatable bonds is 3. The molecule has 0 aliphatic carbocycles. The van der Waals surface area contributed by atoms with E-state index in [1.807, 2.05) is 0 Å². The third kappa shape index (κ3) is 2.07. The second-order valence-electron chi connectivity index (χ2n) is 4.92. The Kier molecular flexibility index (Phi) is 3.20. The molecular formula is C14H22N2. The van der Waals surface area contributed by atoms with E-state index in [1.54, 1.807) is 0 Å². The first kappa shape index (κ1) is 11.5. The molecule has 1 aromatic carbocycles. The lowest BCUT2D eigenvalue weighted by molar-refractivity contribution is 0.734. The van der Waals surface area contributed by atoms with Crippen molar-refractivity contribution in [3.63, 3.8) is 0 Å². The van der Waals surface area contributed by atoms with E-state index >= 15 is 0 Å². The van der Waals surface area contributed by atoms with Crippen molar-refractivity contribution in [3.8, 4) is 0 Å². The minimum absolute atomic E-state index is 0.250. The predicted octanol–water partition coefficient (Wildman–Crippen LogP) is 2.27. The van der Waals surface area contributed by atoms with Crippen molar-refractivity contribution in [2.24, 2.45) is 5.73 Å². The molecule has 1 atom stereocenters. The normalized spacial score (nSPS) is 16.4. The average molecular weight is 218 g/mol. The van der Waals surface area contributed by atoms with Crippen LogP contribution < -0.4 is 10.6 Å². The molecule has 0 bridgehead atoms. The minimum atomic E-state index is 0.250. The number of hydrogen-bond acceptors (Lipinski definition) is 2. The van der Waals surface area contributed by atoms with Gasteiger partial charge in [-0.1, -0.05) is 6.07 Å². The summed E-state index contributed by atoms with van der Waals surface area (Å²) in [6.45, 7) is 8.78. The SMILES string of the molecule is CCN1CCc2cc(C[C@H](C)N)c(C)cc21. The van der Waals surface area contributed by atoms with E-state index in [1.165, 1.54) is 35.3 Å². The van der Waals surface area contributed by atoms with Gasteiger partial charge in [0.1, 0.15) is 0 Å². The third-order valence-electron chi connectivity index (χ3n) is 3.45. The highest BCUT2D eigenvalue weighted by Crippen LogP contribution is 2.30. The molecule has 0 radical (unpaired) electrons. The highest BCUT2D eigenvalue weighted by Gasteiger charge is 2.19. The van der Waals surface area contributed by atoms with Crippen LogP contribution in [0.2, 0.25) is 0 Å². The van der Waals surface area contributed by atoms with E-state index in [4.69, 9.17) is 5.73 Å². The summed E-state index contributed by atoms with van der Waals surface area (Å²) in [5.41, 5.74) is 11.6. The number of likely N-dealkylation sites (N-methyl/N-ethyl adjacent to an activating group) is 1. The Morgan fingerprint density at radius 2 is 2.19 bits per heavy atom. The number of aryl methyl sites for hydroxylation is 1. The summed E-state index contributed by atoms with van der Waals surface area (Å²) in [5.74, 6) is 0. The maximum absolute atomic E-state index is 5.88. The van der Waals surface area contributed by atoms with Gasteiger partial charge in [-0.3, -0.25) is 0 Å².